The fourth-order valence-corrected chi connectivity index (χ4v) is 2.81. The average molecular weight is 389 g/mol. The van der Waals surface area contributed by atoms with Crippen LogP contribution in [0.2, 0.25) is 0 Å². The predicted octanol–water partition coefficient (Wildman–Crippen LogP) is 3.51. The van der Waals surface area contributed by atoms with E-state index in [1.54, 1.807) is 17.0 Å². The van der Waals surface area contributed by atoms with Gasteiger partial charge in [0.15, 0.2) is 0 Å². The van der Waals surface area contributed by atoms with Gasteiger partial charge in [-0.05, 0) is 48.9 Å². The van der Waals surface area contributed by atoms with E-state index in [0.717, 1.165) is 15.7 Å². The van der Waals surface area contributed by atoms with Gasteiger partial charge in [0, 0.05) is 15.7 Å². The summed E-state index contributed by atoms with van der Waals surface area (Å²) in [7, 11) is 0. The number of rotatable bonds is 4. The van der Waals surface area contributed by atoms with Gasteiger partial charge >= 0.3 is 6.09 Å². The Labute approximate surface area is 148 Å². The van der Waals surface area contributed by atoms with Crippen LogP contribution in [-0.4, -0.2) is 31.2 Å². The van der Waals surface area contributed by atoms with Gasteiger partial charge in [0.2, 0.25) is 0 Å². The van der Waals surface area contributed by atoms with E-state index >= 15 is 0 Å². The van der Waals surface area contributed by atoms with Crippen molar-refractivity contribution < 1.29 is 14.3 Å². The van der Waals surface area contributed by atoms with Crippen LogP contribution in [0.3, 0.4) is 0 Å². The van der Waals surface area contributed by atoms with Gasteiger partial charge in [0.25, 0.3) is 5.91 Å². The lowest BCUT2D eigenvalue weighted by molar-refractivity contribution is 0.0916. The molecule has 2 aromatic carbocycles. The third-order valence-electron chi connectivity index (χ3n) is 3.78. The van der Waals surface area contributed by atoms with Crippen molar-refractivity contribution in [2.75, 3.05) is 18.0 Å². The molecule has 1 heterocycles. The van der Waals surface area contributed by atoms with Crippen LogP contribution in [0, 0.1) is 6.92 Å². The summed E-state index contributed by atoms with van der Waals surface area (Å²) in [6.45, 7) is 2.67. The van der Waals surface area contributed by atoms with Crippen LogP contribution >= 0.6 is 15.9 Å². The van der Waals surface area contributed by atoms with E-state index in [-0.39, 0.29) is 24.6 Å². The Bertz CT molecular complexity index is 761. The zero-order chi connectivity index (χ0) is 17.1. The van der Waals surface area contributed by atoms with Crippen molar-refractivity contribution in [2.24, 2.45) is 0 Å². The van der Waals surface area contributed by atoms with Crippen LogP contribution in [0.1, 0.15) is 15.9 Å². The molecule has 0 saturated carbocycles. The van der Waals surface area contributed by atoms with E-state index in [9.17, 15) is 9.59 Å². The Kier molecular flexibility index (Phi) is 4.85. The lowest BCUT2D eigenvalue weighted by atomic mass is 10.2. The smallest absolute Gasteiger partial charge is 0.414 e. The van der Waals surface area contributed by atoms with E-state index in [1.807, 2.05) is 43.3 Å². The third kappa shape index (κ3) is 3.76. The zero-order valence-corrected chi connectivity index (χ0v) is 14.7. The second kappa shape index (κ2) is 7.05. The van der Waals surface area contributed by atoms with Crippen LogP contribution in [0.5, 0.6) is 0 Å². The quantitative estimate of drug-likeness (QED) is 0.871. The van der Waals surface area contributed by atoms with Gasteiger partial charge in [0.1, 0.15) is 6.10 Å². The summed E-state index contributed by atoms with van der Waals surface area (Å²) in [6, 6.07) is 14.8. The largest absolute Gasteiger partial charge is 0.442 e. The molecule has 2 amide bonds. The molecule has 1 fully saturated rings. The maximum Gasteiger partial charge on any atom is 0.414 e. The van der Waals surface area contributed by atoms with Gasteiger partial charge in [-0.1, -0.05) is 28.1 Å². The maximum absolute atomic E-state index is 12.1. The van der Waals surface area contributed by atoms with Crippen LogP contribution in [-0.2, 0) is 4.74 Å². The molecule has 1 aliphatic heterocycles. The van der Waals surface area contributed by atoms with Gasteiger partial charge in [-0.25, -0.2) is 4.79 Å². The molecule has 0 radical (unpaired) electrons. The molecule has 1 aliphatic rings. The third-order valence-corrected chi connectivity index (χ3v) is 4.31. The first kappa shape index (κ1) is 16.5. The second-order valence-corrected chi connectivity index (χ2v) is 6.59. The molecule has 0 aromatic heterocycles. The fourth-order valence-electron chi connectivity index (χ4n) is 2.54. The SMILES string of the molecule is Cc1cccc(N2CC(CNC(=O)c3ccc(Br)cc3)OC2=O)c1. The van der Waals surface area contributed by atoms with Crippen molar-refractivity contribution in [3.05, 3.63) is 64.1 Å². The highest BCUT2D eigenvalue weighted by Gasteiger charge is 2.32. The van der Waals surface area contributed by atoms with Gasteiger partial charge in [0.05, 0.1) is 13.1 Å². The number of nitrogens with one attached hydrogen (secondary N) is 1. The molecule has 0 bridgehead atoms. The number of anilines is 1. The minimum Gasteiger partial charge on any atom is -0.442 e. The topological polar surface area (TPSA) is 58.6 Å². The monoisotopic (exact) mass is 388 g/mol. The highest BCUT2D eigenvalue weighted by molar-refractivity contribution is 9.10. The first-order chi connectivity index (χ1) is 11.5. The standard InChI is InChI=1S/C18H17BrN2O3/c1-12-3-2-4-15(9-12)21-11-16(24-18(21)23)10-20-17(22)13-5-7-14(19)8-6-13/h2-9,16H,10-11H2,1H3,(H,20,22). The number of hydrogen-bond donors (Lipinski definition) is 1. The molecule has 3 rings (SSSR count). The molecule has 1 unspecified atom stereocenters. The predicted molar refractivity (Wildman–Crippen MR) is 95.3 cm³/mol. The molecule has 5 nitrogen and oxygen atoms in total. The van der Waals surface area contributed by atoms with E-state index < -0.39 is 0 Å². The number of halogens is 1. The highest BCUT2D eigenvalue weighted by Crippen LogP contribution is 2.22. The molecular formula is C18H17BrN2O3. The number of amides is 2. The number of aryl methyl sites for hydroxylation is 1. The average Bonchev–Trinajstić information content (AvgIpc) is 2.94. The number of carbonyl (C=O) groups excluding carboxylic acids is 2. The van der Waals surface area contributed by atoms with Gasteiger partial charge in [-0.2, -0.15) is 0 Å². The van der Waals surface area contributed by atoms with Gasteiger partial charge in [-0.15, -0.1) is 0 Å². The maximum atomic E-state index is 12.1. The Morgan fingerprint density at radius 1 is 1.29 bits per heavy atom. The van der Waals surface area contributed by atoms with Crippen molar-refractivity contribution in [1.82, 2.24) is 5.32 Å². The zero-order valence-electron chi connectivity index (χ0n) is 13.2. The summed E-state index contributed by atoms with van der Waals surface area (Å²) < 4.78 is 6.25. The van der Waals surface area contributed by atoms with Crippen molar-refractivity contribution in [3.8, 4) is 0 Å². The van der Waals surface area contributed by atoms with Crippen LogP contribution in [0.4, 0.5) is 10.5 Å². The first-order valence-electron chi connectivity index (χ1n) is 7.61. The molecular weight excluding hydrogens is 372 g/mol. The molecule has 1 N–H and O–H groups in total. The molecule has 0 aliphatic carbocycles. The summed E-state index contributed by atoms with van der Waals surface area (Å²) in [6.07, 6.45) is -0.749. The minimum atomic E-state index is -0.386. The number of nitrogens with zero attached hydrogens (tertiary/aromatic N) is 1. The number of ether oxygens (including phenoxy) is 1. The van der Waals surface area contributed by atoms with E-state index in [2.05, 4.69) is 21.2 Å². The van der Waals surface area contributed by atoms with Crippen molar-refractivity contribution in [2.45, 2.75) is 13.0 Å². The Morgan fingerprint density at radius 2 is 2.04 bits per heavy atom. The summed E-state index contributed by atoms with van der Waals surface area (Å²) in [5, 5.41) is 2.81. The number of hydrogen-bond acceptors (Lipinski definition) is 3. The van der Waals surface area contributed by atoms with Crippen molar-refractivity contribution >= 4 is 33.6 Å². The van der Waals surface area contributed by atoms with E-state index in [4.69, 9.17) is 4.74 Å². The molecule has 2 aromatic rings. The fraction of sp³-hybridized carbons (Fsp3) is 0.222. The summed E-state index contributed by atoms with van der Waals surface area (Å²) in [5.74, 6) is -0.187. The van der Waals surface area contributed by atoms with Gasteiger partial charge < -0.3 is 10.1 Å². The van der Waals surface area contributed by atoms with E-state index in [0.29, 0.717) is 12.1 Å². The summed E-state index contributed by atoms with van der Waals surface area (Å²) >= 11 is 3.33. The molecule has 0 spiro atoms. The second-order valence-electron chi connectivity index (χ2n) is 5.67. The number of cyclic esters (lactones) is 1. The Morgan fingerprint density at radius 3 is 2.75 bits per heavy atom. The lowest BCUT2D eigenvalue weighted by Gasteiger charge is -2.13. The first-order valence-corrected chi connectivity index (χ1v) is 8.41. The van der Waals surface area contributed by atoms with Crippen LogP contribution in [0.15, 0.2) is 53.0 Å². The van der Waals surface area contributed by atoms with Crippen LogP contribution in [0.25, 0.3) is 0 Å². The minimum absolute atomic E-state index is 0.187. The molecule has 6 heteroatoms. The lowest BCUT2D eigenvalue weighted by Crippen LogP contribution is -2.34. The summed E-state index contributed by atoms with van der Waals surface area (Å²) in [4.78, 5) is 25.7. The number of benzene rings is 2. The normalized spacial score (nSPS) is 16.8. The van der Waals surface area contributed by atoms with Crippen LogP contribution < -0.4 is 10.2 Å². The molecule has 1 atom stereocenters. The number of carbonyl (C=O) groups is 2. The summed E-state index contributed by atoms with van der Waals surface area (Å²) in [5.41, 5.74) is 2.45. The van der Waals surface area contributed by atoms with Crippen molar-refractivity contribution in [1.29, 1.82) is 0 Å². The highest BCUT2D eigenvalue weighted by atomic mass is 79.9. The molecule has 124 valence electrons. The van der Waals surface area contributed by atoms with Gasteiger partial charge in [-0.3, -0.25) is 9.69 Å². The van der Waals surface area contributed by atoms with Crippen molar-refractivity contribution in [3.63, 3.8) is 0 Å². The molecule has 1 saturated heterocycles. The molecule has 24 heavy (non-hydrogen) atoms. The van der Waals surface area contributed by atoms with E-state index in [1.165, 1.54) is 0 Å². The Balaban J connectivity index is 1.58. The Hall–Kier alpha value is -2.34.